The fourth-order valence-corrected chi connectivity index (χ4v) is 4.24. The molecule has 0 saturated heterocycles. The van der Waals surface area contributed by atoms with E-state index >= 15 is 0 Å². The first-order valence-corrected chi connectivity index (χ1v) is 13.7. The molecule has 0 radical (unpaired) electrons. The number of aromatic nitrogens is 3. The molecule has 13 nitrogen and oxygen atoms in total. The lowest BCUT2D eigenvalue weighted by Gasteiger charge is -2.19. The van der Waals surface area contributed by atoms with Gasteiger partial charge in [0.05, 0.1) is 5.54 Å². The number of ether oxygens (including phenoxy) is 1. The molecule has 234 valence electrons. The maximum absolute atomic E-state index is 12.8. The van der Waals surface area contributed by atoms with Gasteiger partial charge in [0.1, 0.15) is 6.04 Å². The summed E-state index contributed by atoms with van der Waals surface area (Å²) in [6, 6.07) is 11.3. The highest BCUT2D eigenvalue weighted by atomic mass is 35.5. The Labute approximate surface area is 254 Å². The highest BCUT2D eigenvalue weighted by Crippen LogP contribution is 2.48. The number of halogens is 4. The molecule has 1 atom stereocenters. The molecule has 8 N–H and O–H groups in total. The van der Waals surface area contributed by atoms with Crippen LogP contribution in [0.2, 0.25) is 5.02 Å². The van der Waals surface area contributed by atoms with Crippen molar-refractivity contribution in [3.8, 4) is 6.01 Å². The fraction of sp³-hybridized carbons (Fsp3) is 0.333. The quantitative estimate of drug-likeness (QED) is 0.0859. The summed E-state index contributed by atoms with van der Waals surface area (Å²) in [6.07, 6.45) is -2.73. The number of alkyl halides is 3. The lowest BCUT2D eigenvalue weighted by atomic mass is 10.1. The summed E-state index contributed by atoms with van der Waals surface area (Å²) in [5, 5.41) is 18.5. The third-order valence-corrected chi connectivity index (χ3v) is 6.68. The molecule has 1 aliphatic rings. The van der Waals surface area contributed by atoms with Crippen LogP contribution >= 0.6 is 11.6 Å². The Kier molecular flexibility index (Phi) is 9.93. The smallest absolute Gasteiger partial charge is 0.422 e. The number of nitrogens with one attached hydrogen (secondary N) is 3. The zero-order valence-corrected chi connectivity index (χ0v) is 23.8. The monoisotopic (exact) mass is 635 g/mol. The maximum Gasteiger partial charge on any atom is 0.422 e. The van der Waals surface area contributed by atoms with Crippen molar-refractivity contribution in [3.63, 3.8) is 0 Å². The van der Waals surface area contributed by atoms with Crippen molar-refractivity contribution in [2.45, 2.75) is 43.4 Å². The molecule has 1 heterocycles. The number of hydrogen-bond acceptors (Lipinski definition) is 9. The summed E-state index contributed by atoms with van der Waals surface area (Å²) in [5.41, 5.74) is 11.4. The third-order valence-electron chi connectivity index (χ3n) is 6.43. The van der Waals surface area contributed by atoms with Crippen LogP contribution in [0.1, 0.15) is 41.6 Å². The predicted octanol–water partition coefficient (Wildman–Crippen LogP) is 3.55. The number of aliphatic carboxylic acids is 1. The van der Waals surface area contributed by atoms with Gasteiger partial charge in [0.2, 0.25) is 11.9 Å². The molecule has 1 amide bonds. The number of anilines is 3. The van der Waals surface area contributed by atoms with Crippen molar-refractivity contribution in [2.75, 3.05) is 23.8 Å². The number of guanidine groups is 1. The van der Waals surface area contributed by atoms with Crippen molar-refractivity contribution in [2.24, 2.45) is 16.5 Å². The molecular weight excluding hydrogens is 607 g/mol. The summed E-state index contributed by atoms with van der Waals surface area (Å²) in [6.45, 7) is -1.39. The first-order chi connectivity index (χ1) is 20.8. The molecule has 0 spiro atoms. The second-order valence-corrected chi connectivity index (χ2v) is 10.3. The van der Waals surface area contributed by atoms with E-state index in [-0.39, 0.29) is 36.4 Å². The molecule has 0 aliphatic heterocycles. The van der Waals surface area contributed by atoms with Crippen LogP contribution in [0.5, 0.6) is 6.01 Å². The average molecular weight is 636 g/mol. The number of nitrogens with zero attached hydrogens (tertiary/aromatic N) is 4. The van der Waals surface area contributed by atoms with Gasteiger partial charge in [-0.1, -0.05) is 23.7 Å². The zero-order valence-electron chi connectivity index (χ0n) is 23.1. The molecule has 1 aliphatic carbocycles. The first-order valence-electron chi connectivity index (χ1n) is 13.3. The molecule has 1 saturated carbocycles. The van der Waals surface area contributed by atoms with Gasteiger partial charge < -0.3 is 37.3 Å². The largest absolute Gasteiger partial charge is 0.480 e. The number of aliphatic imine (C=N–C) groups is 1. The van der Waals surface area contributed by atoms with Gasteiger partial charge in [0, 0.05) is 22.8 Å². The second-order valence-electron chi connectivity index (χ2n) is 9.90. The van der Waals surface area contributed by atoms with Crippen LogP contribution in [0.15, 0.2) is 53.5 Å². The van der Waals surface area contributed by atoms with Crippen molar-refractivity contribution in [1.29, 1.82) is 0 Å². The summed E-state index contributed by atoms with van der Waals surface area (Å²) in [4.78, 5) is 40.3. The summed E-state index contributed by atoms with van der Waals surface area (Å²) in [5.74, 6) is -2.09. The van der Waals surface area contributed by atoms with Crippen LogP contribution in [0.3, 0.4) is 0 Å². The second kappa shape index (κ2) is 13.6. The van der Waals surface area contributed by atoms with E-state index < -0.39 is 42.3 Å². The number of benzene rings is 2. The van der Waals surface area contributed by atoms with Gasteiger partial charge in [-0.15, -0.1) is 0 Å². The number of carbonyl (C=O) groups excluding carboxylic acids is 1. The summed E-state index contributed by atoms with van der Waals surface area (Å²) in [7, 11) is 0. The first kappa shape index (κ1) is 32.1. The molecule has 17 heteroatoms. The van der Waals surface area contributed by atoms with Crippen LogP contribution in [-0.2, 0) is 10.3 Å². The number of nitrogens with two attached hydrogens (primary N) is 2. The number of carboxylic acids is 1. The van der Waals surface area contributed by atoms with E-state index in [1.165, 1.54) is 24.3 Å². The van der Waals surface area contributed by atoms with Gasteiger partial charge in [0.25, 0.3) is 5.91 Å². The molecule has 2 aromatic carbocycles. The summed E-state index contributed by atoms with van der Waals surface area (Å²) < 4.78 is 43.3. The Morgan fingerprint density at radius 1 is 1.05 bits per heavy atom. The Hall–Kier alpha value is -4.86. The number of carboxylic acid groups (broad SMARTS) is 1. The standard InChI is InChI=1S/C27H29ClF3N9O4/c28-17-7-5-16(6-8-17)26(11-12-26)40-24-37-23(38-25(39-24)44-14-27(29,30)31)35-18-9-3-15(4-10-18)20(41)36-19(21(42)43)2-1-13-34-22(32)33/h3-10,19H,1-2,11-14H2,(H,36,41)(H,42,43)(H4,32,33,34)(H2,35,37,38,39,40)/t19-/m0/s1. The van der Waals surface area contributed by atoms with E-state index in [4.69, 9.17) is 27.8 Å². The van der Waals surface area contributed by atoms with E-state index in [2.05, 4.69) is 35.9 Å². The van der Waals surface area contributed by atoms with E-state index in [0.29, 0.717) is 17.1 Å². The molecule has 3 aromatic rings. The minimum Gasteiger partial charge on any atom is -0.480 e. The summed E-state index contributed by atoms with van der Waals surface area (Å²) >= 11 is 6.00. The van der Waals surface area contributed by atoms with Crippen molar-refractivity contribution in [1.82, 2.24) is 20.3 Å². The molecule has 0 bridgehead atoms. The minimum absolute atomic E-state index is 0.0114. The van der Waals surface area contributed by atoms with Crippen LogP contribution in [-0.4, -0.2) is 63.3 Å². The normalized spacial score (nSPS) is 14.2. The van der Waals surface area contributed by atoms with Gasteiger partial charge in [-0.05, 0) is 67.6 Å². The highest BCUT2D eigenvalue weighted by molar-refractivity contribution is 6.30. The molecule has 44 heavy (non-hydrogen) atoms. The van der Waals surface area contributed by atoms with Crippen molar-refractivity contribution < 1.29 is 32.6 Å². The predicted molar refractivity (Wildman–Crippen MR) is 156 cm³/mol. The zero-order chi connectivity index (χ0) is 31.9. The molecule has 4 rings (SSSR count). The number of hydrogen-bond donors (Lipinski definition) is 6. The number of rotatable bonds is 14. The van der Waals surface area contributed by atoms with Gasteiger partial charge >= 0.3 is 18.2 Å². The minimum atomic E-state index is -4.61. The van der Waals surface area contributed by atoms with Gasteiger partial charge in [-0.2, -0.15) is 28.1 Å². The molecular formula is C27H29ClF3N9O4. The van der Waals surface area contributed by atoms with E-state index in [1.807, 2.05) is 12.1 Å². The van der Waals surface area contributed by atoms with Crippen molar-refractivity contribution in [3.05, 3.63) is 64.7 Å². The maximum atomic E-state index is 12.8. The lowest BCUT2D eigenvalue weighted by Crippen LogP contribution is -2.40. The Morgan fingerprint density at radius 3 is 2.30 bits per heavy atom. The van der Waals surface area contributed by atoms with Crippen LogP contribution in [0.25, 0.3) is 0 Å². The van der Waals surface area contributed by atoms with Crippen LogP contribution in [0.4, 0.5) is 30.8 Å². The number of amides is 1. The van der Waals surface area contributed by atoms with Gasteiger partial charge in [-0.3, -0.25) is 9.79 Å². The number of carbonyl (C=O) groups is 2. The molecule has 0 unspecified atom stereocenters. The van der Waals surface area contributed by atoms with Crippen LogP contribution < -0.4 is 32.2 Å². The van der Waals surface area contributed by atoms with E-state index in [1.54, 1.807) is 12.1 Å². The Morgan fingerprint density at radius 2 is 1.70 bits per heavy atom. The van der Waals surface area contributed by atoms with Crippen molar-refractivity contribution >= 4 is 47.0 Å². The SMILES string of the molecule is NC(N)=NCCC[C@H](NC(=O)c1ccc(Nc2nc(NC3(c4ccc(Cl)cc4)CC3)nc(OCC(F)(F)F)n2)cc1)C(=O)O. The highest BCUT2D eigenvalue weighted by Gasteiger charge is 2.45. The van der Waals surface area contributed by atoms with E-state index in [9.17, 15) is 27.9 Å². The topological polar surface area (TPSA) is 203 Å². The fourth-order valence-electron chi connectivity index (χ4n) is 4.11. The van der Waals surface area contributed by atoms with Gasteiger partial charge in [0.15, 0.2) is 12.6 Å². The molecule has 1 aromatic heterocycles. The van der Waals surface area contributed by atoms with Crippen LogP contribution in [0, 0.1) is 0 Å². The molecule has 1 fully saturated rings. The average Bonchev–Trinajstić information content (AvgIpc) is 3.73. The van der Waals surface area contributed by atoms with E-state index in [0.717, 1.165) is 18.4 Å². The third kappa shape index (κ3) is 9.32. The Bertz CT molecular complexity index is 1500. The lowest BCUT2D eigenvalue weighted by molar-refractivity contribution is -0.154. The Balaban J connectivity index is 1.47. The van der Waals surface area contributed by atoms with Gasteiger partial charge in [-0.25, -0.2) is 4.79 Å².